The van der Waals surface area contributed by atoms with Crippen molar-refractivity contribution in [3.05, 3.63) is 52.0 Å². The lowest BCUT2D eigenvalue weighted by Crippen LogP contribution is -2.25. The van der Waals surface area contributed by atoms with Gasteiger partial charge in [0.25, 0.3) is 0 Å². The van der Waals surface area contributed by atoms with E-state index in [0.717, 1.165) is 21.6 Å². The van der Waals surface area contributed by atoms with Gasteiger partial charge in [-0.1, -0.05) is 41.9 Å². The molecule has 1 heterocycles. The van der Waals surface area contributed by atoms with Crippen LogP contribution in [0.1, 0.15) is 25.0 Å². The van der Waals surface area contributed by atoms with Crippen LogP contribution in [0.4, 0.5) is 11.4 Å². The molecule has 0 atom stereocenters. The molecule has 98 valence electrons. The van der Waals surface area contributed by atoms with Crippen LogP contribution in [0, 0.1) is 0 Å². The number of halogens is 1. The predicted octanol–water partition coefficient (Wildman–Crippen LogP) is 4.84. The van der Waals surface area contributed by atoms with E-state index in [1.807, 2.05) is 6.07 Å². The zero-order valence-corrected chi connectivity index (χ0v) is 12.8. The van der Waals surface area contributed by atoms with Crippen molar-refractivity contribution in [1.82, 2.24) is 0 Å². The van der Waals surface area contributed by atoms with E-state index in [1.165, 1.54) is 11.1 Å². The lowest BCUT2D eigenvalue weighted by Gasteiger charge is -2.35. The molecule has 3 rings (SSSR count). The first-order valence-electron chi connectivity index (χ1n) is 6.28. The third-order valence-corrected chi connectivity index (χ3v) is 4.32. The predicted molar refractivity (Wildman–Crippen MR) is 82.5 cm³/mol. The van der Waals surface area contributed by atoms with Crippen molar-refractivity contribution in [2.75, 3.05) is 12.4 Å². The fourth-order valence-electron chi connectivity index (χ4n) is 2.75. The van der Waals surface area contributed by atoms with E-state index in [-0.39, 0.29) is 5.41 Å². The Morgan fingerprint density at radius 2 is 1.63 bits per heavy atom. The van der Waals surface area contributed by atoms with Gasteiger partial charge in [-0.2, -0.15) is 0 Å². The van der Waals surface area contributed by atoms with Crippen LogP contribution in [-0.4, -0.2) is 7.11 Å². The second-order valence-electron chi connectivity index (χ2n) is 5.35. The topological polar surface area (TPSA) is 21.3 Å². The first-order valence-corrected chi connectivity index (χ1v) is 7.07. The molecule has 0 aliphatic carbocycles. The summed E-state index contributed by atoms with van der Waals surface area (Å²) in [6.45, 7) is 4.51. The van der Waals surface area contributed by atoms with Crippen LogP contribution in [0.2, 0.25) is 0 Å². The summed E-state index contributed by atoms with van der Waals surface area (Å²) in [6.07, 6.45) is 0. The fourth-order valence-corrected chi connectivity index (χ4v) is 3.11. The highest BCUT2D eigenvalue weighted by Crippen LogP contribution is 2.46. The van der Waals surface area contributed by atoms with Crippen molar-refractivity contribution in [2.45, 2.75) is 19.3 Å². The molecule has 0 spiro atoms. The Bertz CT molecular complexity index is 649. The van der Waals surface area contributed by atoms with E-state index in [9.17, 15) is 0 Å². The molecule has 0 radical (unpaired) electrons. The Balaban J connectivity index is 2.20. The first kappa shape index (κ1) is 12.5. The molecule has 0 saturated heterocycles. The Morgan fingerprint density at radius 3 is 2.32 bits per heavy atom. The quantitative estimate of drug-likeness (QED) is 0.812. The van der Waals surface area contributed by atoms with Gasteiger partial charge in [0.1, 0.15) is 5.75 Å². The molecule has 0 fully saturated rings. The average Bonchev–Trinajstić information content (AvgIpc) is 2.37. The zero-order chi connectivity index (χ0) is 13.6. The number of anilines is 2. The van der Waals surface area contributed by atoms with Crippen molar-refractivity contribution < 1.29 is 4.74 Å². The lowest BCUT2D eigenvalue weighted by molar-refractivity contribution is 0.414. The molecule has 1 aliphatic heterocycles. The molecule has 2 aromatic rings. The van der Waals surface area contributed by atoms with Crippen LogP contribution < -0.4 is 10.1 Å². The van der Waals surface area contributed by atoms with E-state index in [1.54, 1.807) is 7.11 Å². The van der Waals surface area contributed by atoms with E-state index in [4.69, 9.17) is 4.74 Å². The second-order valence-corrected chi connectivity index (χ2v) is 6.27. The van der Waals surface area contributed by atoms with Crippen LogP contribution in [0.5, 0.6) is 5.75 Å². The second kappa shape index (κ2) is 4.27. The number of rotatable bonds is 1. The molecule has 1 aliphatic rings. The molecule has 0 aromatic heterocycles. The van der Waals surface area contributed by atoms with Crippen molar-refractivity contribution >= 4 is 27.3 Å². The van der Waals surface area contributed by atoms with Crippen molar-refractivity contribution in [1.29, 1.82) is 0 Å². The third kappa shape index (κ3) is 1.93. The summed E-state index contributed by atoms with van der Waals surface area (Å²) in [5.74, 6) is 0.875. The summed E-state index contributed by atoms with van der Waals surface area (Å²) >= 11 is 3.53. The summed E-state index contributed by atoms with van der Waals surface area (Å²) in [7, 11) is 1.69. The average molecular weight is 318 g/mol. The van der Waals surface area contributed by atoms with Gasteiger partial charge < -0.3 is 10.1 Å². The Hall–Kier alpha value is -1.48. The Kier molecular flexibility index (Phi) is 2.82. The summed E-state index contributed by atoms with van der Waals surface area (Å²) in [6, 6.07) is 12.6. The largest absolute Gasteiger partial charge is 0.497 e. The highest BCUT2D eigenvalue weighted by Gasteiger charge is 2.32. The van der Waals surface area contributed by atoms with E-state index in [2.05, 4.69) is 65.4 Å². The molecule has 19 heavy (non-hydrogen) atoms. The number of hydrogen-bond acceptors (Lipinski definition) is 2. The molecule has 2 aromatic carbocycles. The third-order valence-electron chi connectivity index (χ3n) is 3.82. The van der Waals surface area contributed by atoms with Crippen LogP contribution in [0.15, 0.2) is 40.9 Å². The first-order chi connectivity index (χ1) is 9.02. The molecule has 0 bridgehead atoms. The molecule has 0 unspecified atom stereocenters. The van der Waals surface area contributed by atoms with Gasteiger partial charge in [-0.3, -0.25) is 0 Å². The summed E-state index contributed by atoms with van der Waals surface area (Å²) in [5.41, 5.74) is 4.87. The molecule has 3 heteroatoms. The molecular weight excluding hydrogens is 302 g/mol. The minimum Gasteiger partial charge on any atom is -0.497 e. The molecule has 2 nitrogen and oxygen atoms in total. The maximum absolute atomic E-state index is 5.31. The van der Waals surface area contributed by atoms with Gasteiger partial charge in [0.15, 0.2) is 0 Å². The summed E-state index contributed by atoms with van der Waals surface area (Å²) in [4.78, 5) is 0. The van der Waals surface area contributed by atoms with Crippen LogP contribution in [-0.2, 0) is 5.41 Å². The maximum Gasteiger partial charge on any atom is 0.120 e. The van der Waals surface area contributed by atoms with Gasteiger partial charge >= 0.3 is 0 Å². The van der Waals surface area contributed by atoms with Gasteiger partial charge in [0.2, 0.25) is 0 Å². The number of ether oxygens (including phenoxy) is 1. The number of hydrogen-bond donors (Lipinski definition) is 1. The van der Waals surface area contributed by atoms with Crippen molar-refractivity contribution in [3.63, 3.8) is 0 Å². The van der Waals surface area contributed by atoms with Crippen molar-refractivity contribution in [2.24, 2.45) is 0 Å². The number of benzene rings is 2. The van der Waals surface area contributed by atoms with Crippen LogP contribution >= 0.6 is 15.9 Å². The number of methoxy groups -OCH3 is 1. The van der Waals surface area contributed by atoms with E-state index in [0.29, 0.717) is 0 Å². The molecule has 0 amide bonds. The van der Waals surface area contributed by atoms with Crippen LogP contribution in [0.25, 0.3) is 0 Å². The van der Waals surface area contributed by atoms with Crippen molar-refractivity contribution in [3.8, 4) is 5.75 Å². The summed E-state index contributed by atoms with van der Waals surface area (Å²) < 4.78 is 6.40. The molecule has 0 saturated carbocycles. The highest BCUT2D eigenvalue weighted by atomic mass is 79.9. The highest BCUT2D eigenvalue weighted by molar-refractivity contribution is 9.10. The van der Waals surface area contributed by atoms with E-state index < -0.39 is 0 Å². The Morgan fingerprint density at radius 1 is 1.00 bits per heavy atom. The van der Waals surface area contributed by atoms with Gasteiger partial charge in [-0.25, -0.2) is 0 Å². The summed E-state index contributed by atoms with van der Waals surface area (Å²) in [5, 5.41) is 3.50. The maximum atomic E-state index is 5.31. The minimum absolute atomic E-state index is 0.0110. The monoisotopic (exact) mass is 317 g/mol. The van der Waals surface area contributed by atoms with Crippen LogP contribution in [0.3, 0.4) is 0 Å². The fraction of sp³-hybridized carbons (Fsp3) is 0.250. The lowest BCUT2D eigenvalue weighted by atomic mass is 9.74. The van der Waals surface area contributed by atoms with Gasteiger partial charge in [-0.15, -0.1) is 0 Å². The number of fused-ring (bicyclic) bond motifs is 2. The molecular formula is C16H16BrNO. The van der Waals surface area contributed by atoms with E-state index >= 15 is 0 Å². The SMILES string of the molecule is COc1ccc2c(c1)Nc1cc(Br)ccc1C2(C)C. The minimum atomic E-state index is -0.0110. The van der Waals surface area contributed by atoms with Gasteiger partial charge in [0, 0.05) is 27.3 Å². The standard InChI is InChI=1S/C16H16BrNO/c1-16(2)12-6-4-10(17)8-14(12)18-15-9-11(19-3)5-7-13(15)16/h4-9,18H,1-3H3. The smallest absolute Gasteiger partial charge is 0.120 e. The number of nitrogens with one attached hydrogen (secondary N) is 1. The van der Waals surface area contributed by atoms with Gasteiger partial charge in [-0.05, 0) is 29.3 Å². The van der Waals surface area contributed by atoms with Gasteiger partial charge in [0.05, 0.1) is 7.11 Å². The molecule has 1 N–H and O–H groups in total. The Labute approximate surface area is 121 Å². The zero-order valence-electron chi connectivity index (χ0n) is 11.3. The normalized spacial score (nSPS) is 15.2.